The van der Waals surface area contributed by atoms with E-state index in [-0.39, 0.29) is 28.6 Å². The fourth-order valence-corrected chi connectivity index (χ4v) is 4.35. The molecule has 0 saturated carbocycles. The summed E-state index contributed by atoms with van der Waals surface area (Å²) in [4.78, 5) is 16.1. The van der Waals surface area contributed by atoms with Crippen molar-refractivity contribution in [3.05, 3.63) is 65.6 Å². The van der Waals surface area contributed by atoms with Crippen molar-refractivity contribution in [2.24, 2.45) is 0 Å². The standard InChI is InChI=1S/C20H21FN4O5S/c1-12-19(14(3)30-24-12)31(27,28)25-13(2)20(26)23-10-15-6-7-18(17(21)9-15)29-16-5-4-8-22-11-16/h4-9,11,13,25H,10H2,1-3H3,(H,23,26)/t13-/m0/s1. The summed E-state index contributed by atoms with van der Waals surface area (Å²) in [7, 11) is -4.00. The summed E-state index contributed by atoms with van der Waals surface area (Å²) in [6.45, 7) is 4.36. The van der Waals surface area contributed by atoms with Crippen LogP contribution in [0, 0.1) is 19.7 Å². The van der Waals surface area contributed by atoms with Gasteiger partial charge < -0.3 is 14.6 Å². The number of pyridine rings is 1. The van der Waals surface area contributed by atoms with E-state index in [0.717, 1.165) is 0 Å². The Labute approximate surface area is 178 Å². The van der Waals surface area contributed by atoms with E-state index in [1.807, 2.05) is 0 Å². The molecule has 2 aromatic heterocycles. The first kappa shape index (κ1) is 22.4. The Kier molecular flexibility index (Phi) is 6.66. The highest BCUT2D eigenvalue weighted by molar-refractivity contribution is 7.89. The number of sulfonamides is 1. The molecule has 3 rings (SSSR count). The summed E-state index contributed by atoms with van der Waals surface area (Å²) in [5.74, 6) is -0.651. The largest absolute Gasteiger partial charge is 0.453 e. The first-order valence-corrected chi connectivity index (χ1v) is 10.7. The van der Waals surface area contributed by atoms with Gasteiger partial charge in [-0.1, -0.05) is 11.2 Å². The second kappa shape index (κ2) is 9.23. The number of benzene rings is 1. The van der Waals surface area contributed by atoms with Crippen molar-refractivity contribution in [1.29, 1.82) is 0 Å². The van der Waals surface area contributed by atoms with Crippen LogP contribution >= 0.6 is 0 Å². The molecule has 0 saturated heterocycles. The number of amides is 1. The van der Waals surface area contributed by atoms with Crippen molar-refractivity contribution in [3.63, 3.8) is 0 Å². The fraction of sp³-hybridized carbons (Fsp3) is 0.250. The SMILES string of the molecule is Cc1noc(C)c1S(=O)(=O)N[C@@H](C)C(=O)NCc1ccc(Oc2cccnc2)c(F)c1. The highest BCUT2D eigenvalue weighted by atomic mass is 32.2. The number of carbonyl (C=O) groups is 1. The molecule has 1 aromatic carbocycles. The maximum Gasteiger partial charge on any atom is 0.246 e. The number of aromatic nitrogens is 2. The summed E-state index contributed by atoms with van der Waals surface area (Å²) >= 11 is 0. The summed E-state index contributed by atoms with van der Waals surface area (Å²) < 4.78 is 51.9. The summed E-state index contributed by atoms with van der Waals surface area (Å²) in [6.07, 6.45) is 3.03. The average Bonchev–Trinajstić information content (AvgIpc) is 3.07. The summed E-state index contributed by atoms with van der Waals surface area (Å²) in [5, 5.41) is 6.18. The van der Waals surface area contributed by atoms with Gasteiger partial charge in [-0.2, -0.15) is 4.72 Å². The van der Waals surface area contributed by atoms with Gasteiger partial charge in [-0.15, -0.1) is 0 Å². The van der Waals surface area contributed by atoms with Gasteiger partial charge >= 0.3 is 0 Å². The van der Waals surface area contributed by atoms with E-state index in [1.54, 1.807) is 24.4 Å². The number of ether oxygens (including phenoxy) is 1. The number of hydrogen-bond acceptors (Lipinski definition) is 7. The topological polar surface area (TPSA) is 123 Å². The molecule has 164 valence electrons. The highest BCUT2D eigenvalue weighted by Crippen LogP contribution is 2.24. The van der Waals surface area contributed by atoms with Crippen LogP contribution < -0.4 is 14.8 Å². The Balaban J connectivity index is 1.59. The second-order valence-corrected chi connectivity index (χ2v) is 8.42. The summed E-state index contributed by atoms with van der Waals surface area (Å²) in [5.41, 5.74) is 0.673. The van der Waals surface area contributed by atoms with Crippen molar-refractivity contribution in [2.75, 3.05) is 0 Å². The Morgan fingerprint density at radius 1 is 1.29 bits per heavy atom. The predicted octanol–water partition coefficient (Wildman–Crippen LogP) is 2.60. The number of hydrogen-bond donors (Lipinski definition) is 2. The van der Waals surface area contributed by atoms with E-state index in [2.05, 4.69) is 20.2 Å². The number of nitrogens with zero attached hydrogens (tertiary/aromatic N) is 2. The number of aryl methyl sites for hydroxylation is 2. The average molecular weight is 448 g/mol. The molecule has 2 heterocycles. The highest BCUT2D eigenvalue weighted by Gasteiger charge is 2.28. The van der Waals surface area contributed by atoms with E-state index in [9.17, 15) is 17.6 Å². The van der Waals surface area contributed by atoms with Gasteiger partial charge in [0.15, 0.2) is 17.3 Å². The lowest BCUT2D eigenvalue weighted by atomic mass is 10.2. The Bertz CT molecular complexity index is 1160. The maximum absolute atomic E-state index is 14.3. The molecule has 0 aliphatic carbocycles. The first-order chi connectivity index (χ1) is 14.7. The van der Waals surface area contributed by atoms with E-state index in [0.29, 0.717) is 11.3 Å². The van der Waals surface area contributed by atoms with Crippen molar-refractivity contribution >= 4 is 15.9 Å². The molecule has 0 aliphatic heterocycles. The zero-order chi connectivity index (χ0) is 22.6. The van der Waals surface area contributed by atoms with Crippen molar-refractivity contribution in [2.45, 2.75) is 38.3 Å². The molecule has 0 spiro atoms. The number of rotatable bonds is 8. The Morgan fingerprint density at radius 2 is 2.06 bits per heavy atom. The van der Waals surface area contributed by atoms with E-state index in [1.165, 1.54) is 39.1 Å². The molecule has 31 heavy (non-hydrogen) atoms. The molecule has 2 N–H and O–H groups in total. The van der Waals surface area contributed by atoms with Crippen LogP contribution in [0.1, 0.15) is 23.9 Å². The quantitative estimate of drug-likeness (QED) is 0.543. The smallest absolute Gasteiger partial charge is 0.246 e. The fourth-order valence-electron chi connectivity index (χ4n) is 2.82. The lowest BCUT2D eigenvalue weighted by Gasteiger charge is -2.14. The molecule has 0 bridgehead atoms. The predicted molar refractivity (Wildman–Crippen MR) is 108 cm³/mol. The Hall–Kier alpha value is -3.31. The van der Waals surface area contributed by atoms with Gasteiger partial charge in [-0.25, -0.2) is 12.8 Å². The van der Waals surface area contributed by atoms with Crippen LogP contribution in [0.15, 0.2) is 52.1 Å². The van der Waals surface area contributed by atoms with Crippen LogP contribution in [-0.2, 0) is 21.4 Å². The van der Waals surface area contributed by atoms with Gasteiger partial charge in [0.1, 0.15) is 16.3 Å². The molecule has 0 radical (unpaired) electrons. The van der Waals surface area contributed by atoms with Crippen LogP contribution in [0.4, 0.5) is 4.39 Å². The lowest BCUT2D eigenvalue weighted by Crippen LogP contribution is -2.44. The second-order valence-electron chi connectivity index (χ2n) is 6.77. The molecule has 0 unspecified atom stereocenters. The molecule has 0 fully saturated rings. The zero-order valence-electron chi connectivity index (χ0n) is 17.0. The molecular weight excluding hydrogens is 427 g/mol. The van der Waals surface area contributed by atoms with Crippen molar-refractivity contribution in [3.8, 4) is 11.5 Å². The van der Waals surface area contributed by atoms with Gasteiger partial charge in [0.05, 0.1) is 12.2 Å². The minimum Gasteiger partial charge on any atom is -0.453 e. The molecule has 1 atom stereocenters. The van der Waals surface area contributed by atoms with Gasteiger partial charge in [-0.05, 0) is 50.6 Å². The van der Waals surface area contributed by atoms with E-state index >= 15 is 0 Å². The normalized spacial score (nSPS) is 12.4. The maximum atomic E-state index is 14.3. The zero-order valence-corrected chi connectivity index (χ0v) is 17.9. The van der Waals surface area contributed by atoms with Gasteiger partial charge in [0, 0.05) is 12.7 Å². The third-order valence-electron chi connectivity index (χ3n) is 4.29. The van der Waals surface area contributed by atoms with Gasteiger partial charge in [-0.3, -0.25) is 9.78 Å². The molecule has 11 heteroatoms. The third-order valence-corrected chi connectivity index (χ3v) is 6.07. The van der Waals surface area contributed by atoms with E-state index in [4.69, 9.17) is 9.26 Å². The van der Waals surface area contributed by atoms with E-state index < -0.39 is 27.8 Å². The van der Waals surface area contributed by atoms with Crippen molar-refractivity contribution in [1.82, 2.24) is 20.2 Å². The van der Waals surface area contributed by atoms with Crippen molar-refractivity contribution < 1.29 is 26.9 Å². The number of carbonyl (C=O) groups excluding carboxylic acids is 1. The molecule has 9 nitrogen and oxygen atoms in total. The monoisotopic (exact) mass is 448 g/mol. The number of halogens is 1. The number of nitrogens with one attached hydrogen (secondary N) is 2. The van der Waals surface area contributed by atoms with Crippen LogP contribution in [0.25, 0.3) is 0 Å². The Morgan fingerprint density at radius 3 is 2.68 bits per heavy atom. The van der Waals surface area contributed by atoms with Gasteiger partial charge in [0.25, 0.3) is 0 Å². The van der Waals surface area contributed by atoms with Crippen LogP contribution in [0.3, 0.4) is 0 Å². The first-order valence-electron chi connectivity index (χ1n) is 9.26. The molecule has 1 amide bonds. The minimum atomic E-state index is -4.00. The molecular formula is C20H21FN4O5S. The third kappa shape index (κ3) is 5.44. The van der Waals surface area contributed by atoms with Gasteiger partial charge in [0.2, 0.25) is 15.9 Å². The molecule has 3 aromatic rings. The summed E-state index contributed by atoms with van der Waals surface area (Å²) in [6, 6.07) is 6.49. The van der Waals surface area contributed by atoms with Crippen LogP contribution in [0.2, 0.25) is 0 Å². The van der Waals surface area contributed by atoms with Crippen LogP contribution in [-0.4, -0.2) is 30.5 Å². The minimum absolute atomic E-state index is 0.000312. The molecule has 0 aliphatic rings. The van der Waals surface area contributed by atoms with Crippen LogP contribution in [0.5, 0.6) is 11.5 Å². The lowest BCUT2D eigenvalue weighted by molar-refractivity contribution is -0.122.